The van der Waals surface area contributed by atoms with Gasteiger partial charge in [-0.05, 0) is 38.1 Å². The molecule has 0 aliphatic rings. The monoisotopic (exact) mass is 365 g/mol. The first-order valence-corrected chi connectivity index (χ1v) is 8.96. The zero-order valence-corrected chi connectivity index (χ0v) is 15.6. The summed E-state index contributed by atoms with van der Waals surface area (Å²) in [6.45, 7) is 3.32. The Morgan fingerprint density at radius 1 is 1.08 bits per heavy atom. The second kappa shape index (κ2) is 7.49. The average molecular weight is 365 g/mol. The number of amides is 1. The van der Waals surface area contributed by atoms with Gasteiger partial charge in [-0.25, -0.2) is 4.98 Å². The van der Waals surface area contributed by atoms with Crippen molar-refractivity contribution in [3.05, 3.63) is 70.7 Å². The van der Waals surface area contributed by atoms with E-state index in [0.29, 0.717) is 21.8 Å². The van der Waals surface area contributed by atoms with Gasteiger partial charge in [-0.2, -0.15) is 0 Å². The summed E-state index contributed by atoms with van der Waals surface area (Å²) in [6.07, 6.45) is 0. The number of rotatable bonds is 5. The van der Waals surface area contributed by atoms with E-state index in [2.05, 4.69) is 10.3 Å². The highest BCUT2D eigenvalue weighted by Crippen LogP contribution is 2.30. The summed E-state index contributed by atoms with van der Waals surface area (Å²) < 4.78 is 0. The summed E-state index contributed by atoms with van der Waals surface area (Å²) in [6, 6.07) is 16.8. The highest BCUT2D eigenvalue weighted by atomic mass is 32.1. The number of hydrogen-bond donors (Lipinski definition) is 1. The maximum Gasteiger partial charge on any atom is 0.267 e. The molecule has 1 amide bonds. The number of nitrogens with zero attached hydrogens (tertiary/aromatic N) is 2. The fraction of sp³-hybridized carbons (Fsp3) is 0.150. The lowest BCUT2D eigenvalue weighted by Gasteiger charge is -2.15. The molecule has 3 aromatic rings. The van der Waals surface area contributed by atoms with Gasteiger partial charge in [0.25, 0.3) is 5.91 Å². The van der Waals surface area contributed by atoms with E-state index in [1.165, 1.54) is 18.3 Å². The fourth-order valence-electron chi connectivity index (χ4n) is 2.50. The average Bonchev–Trinajstić information content (AvgIpc) is 3.04. The number of hydrogen-bond acceptors (Lipinski definition) is 5. The Balaban J connectivity index is 1.81. The predicted molar refractivity (Wildman–Crippen MR) is 106 cm³/mol. The number of nitrogens with one attached hydrogen (secondary N) is 1. The molecule has 0 saturated carbocycles. The van der Waals surface area contributed by atoms with Crippen LogP contribution < -0.4 is 10.2 Å². The minimum absolute atomic E-state index is 0.0400. The van der Waals surface area contributed by atoms with Gasteiger partial charge in [-0.3, -0.25) is 9.59 Å². The summed E-state index contributed by atoms with van der Waals surface area (Å²) in [4.78, 5) is 31.2. The van der Waals surface area contributed by atoms with Gasteiger partial charge in [0.15, 0.2) is 10.9 Å². The Morgan fingerprint density at radius 3 is 2.50 bits per heavy atom. The quantitative estimate of drug-likeness (QED) is 0.667. The molecule has 0 bridgehead atoms. The Hall–Kier alpha value is -2.99. The van der Waals surface area contributed by atoms with E-state index in [-0.39, 0.29) is 11.7 Å². The Bertz CT molecular complexity index is 951. The van der Waals surface area contributed by atoms with Crippen LogP contribution in [0.2, 0.25) is 0 Å². The number of aromatic nitrogens is 1. The SMILES string of the molecule is CC(=O)c1cccc(NC(=O)c2sc(N(C)c3ccccc3)nc2C)c1. The number of benzene rings is 2. The lowest BCUT2D eigenvalue weighted by Crippen LogP contribution is -2.12. The Kier molecular flexibility index (Phi) is 5.14. The standard InChI is InChI=1S/C20H19N3O2S/c1-13-18(19(25)22-16-9-7-8-15(12-16)14(2)24)26-20(21-13)23(3)17-10-5-4-6-11-17/h4-12H,1-3H3,(H,22,25). The number of Topliss-reactive ketones (excluding diaryl/α,β-unsaturated/α-hetero) is 1. The Morgan fingerprint density at radius 2 is 1.81 bits per heavy atom. The summed E-state index contributed by atoms with van der Waals surface area (Å²) in [7, 11) is 1.92. The second-order valence-electron chi connectivity index (χ2n) is 5.90. The van der Waals surface area contributed by atoms with Crippen LogP contribution in [0.15, 0.2) is 54.6 Å². The van der Waals surface area contributed by atoms with Crippen LogP contribution in [0.3, 0.4) is 0 Å². The van der Waals surface area contributed by atoms with Gasteiger partial charge in [0.05, 0.1) is 5.69 Å². The summed E-state index contributed by atoms with van der Waals surface area (Å²) in [5, 5.41) is 3.59. The van der Waals surface area contributed by atoms with Gasteiger partial charge in [0, 0.05) is 24.0 Å². The third-order valence-corrected chi connectivity index (χ3v) is 5.18. The zero-order valence-electron chi connectivity index (χ0n) is 14.8. The summed E-state index contributed by atoms with van der Waals surface area (Å²) in [5.41, 5.74) is 2.83. The molecular weight excluding hydrogens is 346 g/mol. The van der Waals surface area contributed by atoms with Crippen LogP contribution >= 0.6 is 11.3 Å². The Labute approximate surface area is 156 Å². The van der Waals surface area contributed by atoms with Crippen LogP contribution in [-0.2, 0) is 0 Å². The van der Waals surface area contributed by atoms with Crippen molar-refractivity contribution < 1.29 is 9.59 Å². The number of anilines is 3. The molecule has 0 radical (unpaired) electrons. The number of carbonyl (C=O) groups excluding carboxylic acids is 2. The molecule has 0 spiro atoms. The van der Waals surface area contributed by atoms with E-state index in [1.54, 1.807) is 24.3 Å². The van der Waals surface area contributed by atoms with Crippen LogP contribution in [0, 0.1) is 6.92 Å². The third-order valence-electron chi connectivity index (χ3n) is 3.95. The van der Waals surface area contributed by atoms with Crippen molar-refractivity contribution in [2.24, 2.45) is 0 Å². The van der Waals surface area contributed by atoms with E-state index in [9.17, 15) is 9.59 Å². The van der Waals surface area contributed by atoms with Crippen LogP contribution in [0.1, 0.15) is 32.6 Å². The van der Waals surface area contributed by atoms with E-state index in [4.69, 9.17) is 0 Å². The van der Waals surface area contributed by atoms with Gasteiger partial charge < -0.3 is 10.2 Å². The molecular formula is C20H19N3O2S. The first-order valence-electron chi connectivity index (χ1n) is 8.14. The van der Waals surface area contributed by atoms with Crippen molar-refractivity contribution >= 4 is 39.5 Å². The number of para-hydroxylation sites is 1. The van der Waals surface area contributed by atoms with Gasteiger partial charge in [0.2, 0.25) is 0 Å². The largest absolute Gasteiger partial charge is 0.321 e. The molecule has 1 heterocycles. The van der Waals surface area contributed by atoms with Crippen molar-refractivity contribution in [1.82, 2.24) is 4.98 Å². The molecule has 0 atom stereocenters. The van der Waals surface area contributed by atoms with Crippen molar-refractivity contribution in [2.45, 2.75) is 13.8 Å². The summed E-state index contributed by atoms with van der Waals surface area (Å²) >= 11 is 1.34. The first-order chi connectivity index (χ1) is 12.5. The van der Waals surface area contributed by atoms with Crippen molar-refractivity contribution in [1.29, 1.82) is 0 Å². The lowest BCUT2D eigenvalue weighted by atomic mass is 10.1. The predicted octanol–water partition coefficient (Wildman–Crippen LogP) is 4.67. The van der Waals surface area contributed by atoms with Gasteiger partial charge >= 0.3 is 0 Å². The number of carbonyl (C=O) groups is 2. The molecule has 26 heavy (non-hydrogen) atoms. The minimum atomic E-state index is -0.228. The summed E-state index contributed by atoms with van der Waals surface area (Å²) in [5.74, 6) is -0.268. The molecule has 5 nitrogen and oxygen atoms in total. The smallest absolute Gasteiger partial charge is 0.267 e. The van der Waals surface area contributed by atoms with Crippen molar-refractivity contribution in [3.8, 4) is 0 Å². The van der Waals surface area contributed by atoms with E-state index < -0.39 is 0 Å². The maximum absolute atomic E-state index is 12.6. The van der Waals surface area contributed by atoms with E-state index >= 15 is 0 Å². The highest BCUT2D eigenvalue weighted by molar-refractivity contribution is 7.17. The van der Waals surface area contributed by atoms with Crippen LogP contribution in [-0.4, -0.2) is 23.7 Å². The van der Waals surface area contributed by atoms with Crippen LogP contribution in [0.4, 0.5) is 16.5 Å². The normalized spacial score (nSPS) is 10.4. The van der Waals surface area contributed by atoms with E-state index in [0.717, 1.165) is 10.8 Å². The fourth-order valence-corrected chi connectivity index (χ4v) is 3.45. The molecule has 0 fully saturated rings. The number of ketones is 1. The molecule has 6 heteroatoms. The van der Waals surface area contributed by atoms with Crippen LogP contribution in [0.25, 0.3) is 0 Å². The van der Waals surface area contributed by atoms with Crippen molar-refractivity contribution in [3.63, 3.8) is 0 Å². The molecule has 3 rings (SSSR count). The maximum atomic E-state index is 12.6. The molecule has 2 aromatic carbocycles. The number of thiazole rings is 1. The highest BCUT2D eigenvalue weighted by Gasteiger charge is 2.18. The molecule has 1 N–H and O–H groups in total. The molecule has 0 saturated heterocycles. The second-order valence-corrected chi connectivity index (χ2v) is 6.87. The first kappa shape index (κ1) is 17.8. The lowest BCUT2D eigenvalue weighted by molar-refractivity contribution is 0.101. The van der Waals surface area contributed by atoms with E-state index in [1.807, 2.05) is 49.2 Å². The molecule has 0 unspecified atom stereocenters. The van der Waals surface area contributed by atoms with Gasteiger partial charge in [0.1, 0.15) is 4.88 Å². The van der Waals surface area contributed by atoms with Crippen LogP contribution in [0.5, 0.6) is 0 Å². The van der Waals surface area contributed by atoms with Gasteiger partial charge in [-0.1, -0.05) is 41.7 Å². The third kappa shape index (κ3) is 3.81. The van der Waals surface area contributed by atoms with Gasteiger partial charge in [-0.15, -0.1) is 0 Å². The molecule has 1 aromatic heterocycles. The molecule has 132 valence electrons. The molecule has 0 aliphatic carbocycles. The molecule has 0 aliphatic heterocycles. The van der Waals surface area contributed by atoms with Crippen molar-refractivity contribution in [2.75, 3.05) is 17.3 Å². The minimum Gasteiger partial charge on any atom is -0.321 e. The zero-order chi connectivity index (χ0) is 18.7. The number of aryl methyl sites for hydroxylation is 1. The topological polar surface area (TPSA) is 62.3 Å².